The number of likely N-dealkylation sites (N-methyl/N-ethyl adjacent to an activating group) is 1. The number of carbonyl (C=O) groups is 2. The molecular weight excluding hydrogens is 446 g/mol. The Hall–Kier alpha value is -3.68. The smallest absolute Gasteiger partial charge is 0.338 e. The number of allylic oxidation sites excluding steroid dienone is 1. The van der Waals surface area contributed by atoms with Gasteiger partial charge in [-0.05, 0) is 42.5 Å². The highest BCUT2D eigenvalue weighted by Crippen LogP contribution is 2.46. The lowest BCUT2D eigenvalue weighted by atomic mass is 9.83. The maximum Gasteiger partial charge on any atom is 0.338 e. The summed E-state index contributed by atoms with van der Waals surface area (Å²) in [5, 5.41) is 11.7. The third-order valence-corrected chi connectivity index (χ3v) is 7.12. The molecule has 2 aromatic rings. The minimum atomic E-state index is -0.763. The summed E-state index contributed by atoms with van der Waals surface area (Å²) >= 11 is 0. The first kappa shape index (κ1) is 24.4. The number of ether oxygens (including phenoxy) is 1. The molecular formula is C27H31N3O5. The van der Waals surface area contributed by atoms with Crippen LogP contribution in [0.25, 0.3) is 0 Å². The average molecular weight is 478 g/mol. The molecule has 0 amide bonds. The van der Waals surface area contributed by atoms with Crippen molar-refractivity contribution in [1.82, 2.24) is 0 Å². The van der Waals surface area contributed by atoms with Crippen molar-refractivity contribution in [2.75, 3.05) is 36.5 Å². The Kier molecular flexibility index (Phi) is 6.65. The van der Waals surface area contributed by atoms with Gasteiger partial charge in [-0.1, -0.05) is 39.0 Å². The van der Waals surface area contributed by atoms with Gasteiger partial charge >= 0.3 is 5.97 Å². The second kappa shape index (κ2) is 9.52. The Morgan fingerprint density at radius 2 is 1.83 bits per heavy atom. The van der Waals surface area contributed by atoms with E-state index in [-0.39, 0.29) is 22.4 Å². The van der Waals surface area contributed by atoms with Gasteiger partial charge in [0.15, 0.2) is 12.4 Å². The van der Waals surface area contributed by atoms with E-state index in [4.69, 9.17) is 4.74 Å². The van der Waals surface area contributed by atoms with Crippen LogP contribution in [0.15, 0.2) is 54.2 Å². The maximum absolute atomic E-state index is 12.7. The summed E-state index contributed by atoms with van der Waals surface area (Å²) in [7, 11) is 1.91. The van der Waals surface area contributed by atoms with Crippen LogP contribution in [0.5, 0.6) is 0 Å². The van der Waals surface area contributed by atoms with Crippen molar-refractivity contribution in [1.29, 1.82) is 0 Å². The van der Waals surface area contributed by atoms with Crippen LogP contribution in [0, 0.1) is 16.0 Å². The largest absolute Gasteiger partial charge is 0.454 e. The molecule has 0 unspecified atom stereocenters. The molecule has 2 heterocycles. The Morgan fingerprint density at radius 3 is 2.49 bits per heavy atom. The van der Waals surface area contributed by atoms with Gasteiger partial charge in [0.2, 0.25) is 0 Å². The predicted octanol–water partition coefficient (Wildman–Crippen LogP) is 4.87. The quantitative estimate of drug-likeness (QED) is 0.254. The van der Waals surface area contributed by atoms with Crippen LogP contribution in [0.4, 0.5) is 17.1 Å². The molecule has 0 aliphatic carbocycles. The summed E-state index contributed by atoms with van der Waals surface area (Å²) in [5.41, 5.74) is 3.03. The van der Waals surface area contributed by atoms with Gasteiger partial charge in [-0.3, -0.25) is 14.9 Å². The molecule has 0 aromatic heterocycles. The van der Waals surface area contributed by atoms with Gasteiger partial charge in [-0.25, -0.2) is 4.79 Å². The molecule has 1 fully saturated rings. The number of piperidine rings is 1. The molecule has 4 rings (SSSR count). The van der Waals surface area contributed by atoms with Crippen LogP contribution in [0.3, 0.4) is 0 Å². The first-order valence-corrected chi connectivity index (χ1v) is 11.9. The molecule has 2 aliphatic heterocycles. The van der Waals surface area contributed by atoms with E-state index >= 15 is 0 Å². The number of nitro groups is 1. The molecule has 184 valence electrons. The van der Waals surface area contributed by atoms with Crippen molar-refractivity contribution < 1.29 is 19.2 Å². The Morgan fingerprint density at radius 1 is 1.14 bits per heavy atom. The molecule has 0 bridgehead atoms. The molecule has 2 aromatic carbocycles. The van der Waals surface area contributed by atoms with Crippen LogP contribution in [0.1, 0.15) is 49.5 Å². The predicted molar refractivity (Wildman–Crippen MR) is 135 cm³/mol. The summed E-state index contributed by atoms with van der Waals surface area (Å²) in [5.74, 6) is -0.522. The van der Waals surface area contributed by atoms with Crippen molar-refractivity contribution in [2.45, 2.75) is 39.0 Å². The minimum absolute atomic E-state index is 0.0528. The van der Waals surface area contributed by atoms with Gasteiger partial charge < -0.3 is 14.5 Å². The standard InChI is InChI=1S/C27H31N3O5/c1-18-11-13-29(14-12-18)23-10-9-19(15-24(23)30(33)34)26(32)35-17-20(31)16-25-27(2,3)21-7-5-6-8-22(21)28(25)4/h5-10,15-16,18H,11-14,17H2,1-4H3. The molecule has 0 atom stereocenters. The van der Waals surface area contributed by atoms with Crippen molar-refractivity contribution in [2.24, 2.45) is 5.92 Å². The normalized spacial score (nSPS) is 18.5. The SMILES string of the molecule is CC1CCN(c2ccc(C(=O)OCC(=O)C=C3N(C)c4ccccc4C3(C)C)cc2[N+](=O)[O-])CC1. The molecule has 0 spiro atoms. The molecule has 0 N–H and O–H groups in total. The summed E-state index contributed by atoms with van der Waals surface area (Å²) in [4.78, 5) is 40.5. The van der Waals surface area contributed by atoms with Gasteiger partial charge in [-0.2, -0.15) is 0 Å². The number of fused-ring (bicyclic) bond motifs is 1. The highest BCUT2D eigenvalue weighted by Gasteiger charge is 2.38. The zero-order valence-electron chi connectivity index (χ0n) is 20.6. The van der Waals surface area contributed by atoms with E-state index < -0.39 is 17.5 Å². The van der Waals surface area contributed by atoms with Gasteiger partial charge in [0.1, 0.15) is 5.69 Å². The molecule has 2 aliphatic rings. The lowest BCUT2D eigenvalue weighted by Gasteiger charge is -2.31. The van der Waals surface area contributed by atoms with Crippen molar-refractivity contribution >= 4 is 28.8 Å². The number of esters is 1. The van der Waals surface area contributed by atoms with Crippen LogP contribution in [-0.4, -0.2) is 43.4 Å². The Balaban J connectivity index is 1.45. The van der Waals surface area contributed by atoms with Crippen molar-refractivity contribution in [3.63, 3.8) is 0 Å². The molecule has 8 heteroatoms. The topological polar surface area (TPSA) is 93.0 Å². The zero-order valence-corrected chi connectivity index (χ0v) is 20.6. The number of carbonyl (C=O) groups excluding carboxylic acids is 2. The fourth-order valence-electron chi connectivity index (χ4n) is 4.99. The number of hydrogen-bond acceptors (Lipinski definition) is 7. The average Bonchev–Trinajstić information content (AvgIpc) is 3.03. The van der Waals surface area contributed by atoms with Gasteiger partial charge in [0.05, 0.1) is 10.5 Å². The molecule has 35 heavy (non-hydrogen) atoms. The third kappa shape index (κ3) is 4.78. The molecule has 8 nitrogen and oxygen atoms in total. The summed E-state index contributed by atoms with van der Waals surface area (Å²) in [6.45, 7) is 7.30. The number of benzene rings is 2. The van der Waals surface area contributed by atoms with Crippen LogP contribution in [-0.2, 0) is 14.9 Å². The van der Waals surface area contributed by atoms with E-state index in [9.17, 15) is 19.7 Å². The van der Waals surface area contributed by atoms with Crippen molar-refractivity contribution in [3.8, 4) is 0 Å². The number of anilines is 2. The van der Waals surface area contributed by atoms with E-state index in [0.717, 1.165) is 42.9 Å². The van der Waals surface area contributed by atoms with E-state index in [1.165, 1.54) is 18.2 Å². The highest BCUT2D eigenvalue weighted by atomic mass is 16.6. The second-order valence-electron chi connectivity index (χ2n) is 9.90. The lowest BCUT2D eigenvalue weighted by molar-refractivity contribution is -0.384. The van der Waals surface area contributed by atoms with Crippen LogP contribution >= 0.6 is 0 Å². The molecule has 0 saturated carbocycles. The fraction of sp³-hybridized carbons (Fsp3) is 0.407. The molecule has 0 radical (unpaired) electrons. The number of nitrogens with zero attached hydrogens (tertiary/aromatic N) is 3. The minimum Gasteiger partial charge on any atom is -0.454 e. The fourth-order valence-corrected chi connectivity index (χ4v) is 4.99. The lowest BCUT2D eigenvalue weighted by Crippen LogP contribution is -2.33. The Bertz CT molecular complexity index is 1200. The second-order valence-corrected chi connectivity index (χ2v) is 9.90. The number of ketones is 1. The number of hydrogen-bond donors (Lipinski definition) is 0. The third-order valence-electron chi connectivity index (χ3n) is 7.12. The summed E-state index contributed by atoms with van der Waals surface area (Å²) < 4.78 is 5.23. The molecule has 1 saturated heterocycles. The maximum atomic E-state index is 12.7. The first-order valence-electron chi connectivity index (χ1n) is 11.9. The number of nitro benzene ring substituents is 1. The highest BCUT2D eigenvalue weighted by molar-refractivity contribution is 5.97. The summed E-state index contributed by atoms with van der Waals surface area (Å²) in [6.07, 6.45) is 3.45. The summed E-state index contributed by atoms with van der Waals surface area (Å²) in [6, 6.07) is 12.3. The zero-order chi connectivity index (χ0) is 25.3. The van der Waals surface area contributed by atoms with Gasteiger partial charge in [0.25, 0.3) is 5.69 Å². The van der Waals surface area contributed by atoms with E-state index in [1.807, 2.05) is 55.0 Å². The van der Waals surface area contributed by atoms with Crippen LogP contribution in [0.2, 0.25) is 0 Å². The van der Waals surface area contributed by atoms with Gasteiger partial charge in [-0.15, -0.1) is 0 Å². The monoisotopic (exact) mass is 477 g/mol. The van der Waals surface area contributed by atoms with Crippen molar-refractivity contribution in [3.05, 3.63) is 75.5 Å². The van der Waals surface area contributed by atoms with E-state index in [0.29, 0.717) is 11.6 Å². The van der Waals surface area contributed by atoms with E-state index in [2.05, 4.69) is 6.92 Å². The Labute approximate surface area is 205 Å². The first-order chi connectivity index (χ1) is 16.6. The number of para-hydroxylation sites is 1. The van der Waals surface area contributed by atoms with E-state index in [1.54, 1.807) is 6.07 Å². The number of rotatable bonds is 6. The van der Waals surface area contributed by atoms with Crippen LogP contribution < -0.4 is 9.80 Å². The van der Waals surface area contributed by atoms with Gasteiger partial charge in [0, 0.05) is 49.1 Å².